The summed E-state index contributed by atoms with van der Waals surface area (Å²) in [6.45, 7) is 4.50. The second-order valence-corrected chi connectivity index (χ2v) is 7.33. The molecule has 1 aliphatic rings. The lowest BCUT2D eigenvalue weighted by Crippen LogP contribution is -2.27. The van der Waals surface area contributed by atoms with E-state index in [-0.39, 0.29) is 24.0 Å². The van der Waals surface area contributed by atoms with E-state index in [0.29, 0.717) is 18.9 Å². The van der Waals surface area contributed by atoms with Crippen molar-refractivity contribution in [2.24, 2.45) is 10.9 Å². The molecule has 1 aliphatic heterocycles. The van der Waals surface area contributed by atoms with E-state index in [2.05, 4.69) is 9.98 Å². The molecule has 0 aliphatic carbocycles. The van der Waals surface area contributed by atoms with Gasteiger partial charge in [0.1, 0.15) is 5.78 Å². The second-order valence-electron chi connectivity index (χ2n) is 7.33. The molecule has 2 aromatic rings. The van der Waals surface area contributed by atoms with Gasteiger partial charge in [-0.15, -0.1) is 0 Å². The zero-order valence-electron chi connectivity index (χ0n) is 16.1. The number of benzene rings is 1. The van der Waals surface area contributed by atoms with Gasteiger partial charge in [-0.2, -0.15) is 0 Å². The van der Waals surface area contributed by atoms with Crippen LogP contribution >= 0.6 is 0 Å². The lowest BCUT2D eigenvalue weighted by Gasteiger charge is -2.26. The quantitative estimate of drug-likeness (QED) is 0.816. The van der Waals surface area contributed by atoms with Crippen molar-refractivity contribution in [3.05, 3.63) is 65.0 Å². The molecule has 0 saturated carbocycles. The van der Waals surface area contributed by atoms with E-state index in [4.69, 9.17) is 4.74 Å². The summed E-state index contributed by atoms with van der Waals surface area (Å²) in [4.78, 5) is 21.5. The van der Waals surface area contributed by atoms with Gasteiger partial charge in [0, 0.05) is 30.7 Å². The molecule has 0 fully saturated rings. The standard InChI is InChI=1S/C22H26N2O3/c1-14(2)21(26)19(15-7-5-4-6-8-15)11-18(25)10-17-9-16-12-24-22(27-3)20(16)13-23-17/h4-9,13-14,19,21,26H,10-12H2,1-3H3/t19-,21-/m1/s1. The molecule has 3 rings (SSSR count). The van der Waals surface area contributed by atoms with Gasteiger partial charge in [0.15, 0.2) is 0 Å². The van der Waals surface area contributed by atoms with Gasteiger partial charge >= 0.3 is 0 Å². The van der Waals surface area contributed by atoms with Crippen molar-refractivity contribution in [3.8, 4) is 0 Å². The van der Waals surface area contributed by atoms with Crippen LogP contribution in [0.2, 0.25) is 0 Å². The number of pyridine rings is 1. The molecule has 2 atom stereocenters. The fourth-order valence-electron chi connectivity index (χ4n) is 3.50. The van der Waals surface area contributed by atoms with E-state index < -0.39 is 6.10 Å². The number of ketones is 1. The smallest absolute Gasteiger partial charge is 0.218 e. The van der Waals surface area contributed by atoms with Crippen molar-refractivity contribution >= 4 is 11.7 Å². The Morgan fingerprint density at radius 3 is 2.67 bits per heavy atom. The fraction of sp³-hybridized carbons (Fsp3) is 0.409. The van der Waals surface area contributed by atoms with Crippen molar-refractivity contribution in [3.63, 3.8) is 0 Å². The number of aromatic nitrogens is 1. The van der Waals surface area contributed by atoms with Gasteiger partial charge in [-0.1, -0.05) is 44.2 Å². The topological polar surface area (TPSA) is 71.8 Å². The van der Waals surface area contributed by atoms with Gasteiger partial charge < -0.3 is 9.84 Å². The number of carbonyl (C=O) groups is 1. The van der Waals surface area contributed by atoms with E-state index in [1.54, 1.807) is 13.3 Å². The molecule has 0 radical (unpaired) electrons. The summed E-state index contributed by atoms with van der Waals surface area (Å²) in [5.74, 6) is 0.531. The number of ether oxygens (including phenoxy) is 1. The van der Waals surface area contributed by atoms with E-state index in [1.807, 2.05) is 50.2 Å². The number of nitrogens with zero attached hydrogens (tertiary/aromatic N) is 2. The average Bonchev–Trinajstić information content (AvgIpc) is 3.08. The first-order chi connectivity index (χ1) is 13.0. The maximum Gasteiger partial charge on any atom is 0.218 e. The minimum atomic E-state index is -0.568. The molecule has 27 heavy (non-hydrogen) atoms. The maximum absolute atomic E-state index is 12.7. The van der Waals surface area contributed by atoms with Crippen LogP contribution in [0.4, 0.5) is 0 Å². The summed E-state index contributed by atoms with van der Waals surface area (Å²) in [5.41, 5.74) is 3.65. The molecule has 1 aromatic carbocycles. The van der Waals surface area contributed by atoms with Crippen molar-refractivity contribution in [1.82, 2.24) is 4.98 Å². The number of methoxy groups -OCH3 is 1. The normalized spacial score (nSPS) is 15.2. The summed E-state index contributed by atoms with van der Waals surface area (Å²) in [5, 5.41) is 10.6. The number of hydrogen-bond acceptors (Lipinski definition) is 5. The molecule has 5 heteroatoms. The van der Waals surface area contributed by atoms with Crippen molar-refractivity contribution in [2.45, 2.75) is 45.3 Å². The van der Waals surface area contributed by atoms with Crippen LogP contribution < -0.4 is 0 Å². The number of Topliss-reactive ketones (excluding diaryl/α,β-unsaturated/α-hetero) is 1. The number of rotatable bonds is 7. The Kier molecular flexibility index (Phi) is 6.01. The van der Waals surface area contributed by atoms with Crippen LogP contribution in [0.3, 0.4) is 0 Å². The molecular weight excluding hydrogens is 340 g/mol. The number of carbonyl (C=O) groups excluding carboxylic acids is 1. The number of aliphatic hydroxyl groups is 1. The minimum absolute atomic E-state index is 0.0712. The lowest BCUT2D eigenvalue weighted by atomic mass is 9.83. The van der Waals surface area contributed by atoms with Crippen LogP contribution in [-0.4, -0.2) is 35.0 Å². The molecule has 0 saturated heterocycles. The molecule has 2 heterocycles. The zero-order valence-corrected chi connectivity index (χ0v) is 16.1. The third-order valence-corrected chi connectivity index (χ3v) is 5.01. The highest BCUT2D eigenvalue weighted by atomic mass is 16.5. The Hall–Kier alpha value is -2.53. The molecule has 142 valence electrons. The van der Waals surface area contributed by atoms with Crippen molar-refractivity contribution in [1.29, 1.82) is 0 Å². The van der Waals surface area contributed by atoms with Crippen LogP contribution in [0.25, 0.3) is 0 Å². The predicted molar refractivity (Wildman–Crippen MR) is 105 cm³/mol. The molecule has 1 aromatic heterocycles. The molecule has 0 unspecified atom stereocenters. The van der Waals surface area contributed by atoms with Crippen molar-refractivity contribution in [2.75, 3.05) is 7.11 Å². The highest BCUT2D eigenvalue weighted by molar-refractivity contribution is 5.97. The fourth-order valence-corrected chi connectivity index (χ4v) is 3.50. The van der Waals surface area contributed by atoms with E-state index in [1.165, 1.54) is 0 Å². The lowest BCUT2D eigenvalue weighted by molar-refractivity contribution is -0.119. The number of aliphatic hydroxyl groups excluding tert-OH is 1. The number of fused-ring (bicyclic) bond motifs is 1. The van der Waals surface area contributed by atoms with Crippen LogP contribution in [0.1, 0.15) is 48.6 Å². The van der Waals surface area contributed by atoms with Gasteiger partial charge in [0.05, 0.1) is 25.3 Å². The average molecular weight is 366 g/mol. The summed E-state index contributed by atoms with van der Waals surface area (Å²) in [6.07, 6.45) is 1.71. The van der Waals surface area contributed by atoms with Crippen LogP contribution in [-0.2, 0) is 22.5 Å². The van der Waals surface area contributed by atoms with Crippen LogP contribution in [0, 0.1) is 5.92 Å². The minimum Gasteiger partial charge on any atom is -0.481 e. The highest BCUT2D eigenvalue weighted by Crippen LogP contribution is 2.28. The Balaban J connectivity index is 1.72. The Morgan fingerprint density at radius 2 is 2.00 bits per heavy atom. The second kappa shape index (κ2) is 8.44. The summed E-state index contributed by atoms with van der Waals surface area (Å²) < 4.78 is 5.22. The number of aliphatic imine (C=N–C) groups is 1. The first kappa shape index (κ1) is 19.2. The Bertz CT molecular complexity index is 831. The SMILES string of the molecule is COC1=NCc2cc(CC(=O)C[C@H](c3ccccc3)[C@H](O)C(C)C)ncc21. The molecule has 0 bridgehead atoms. The summed E-state index contributed by atoms with van der Waals surface area (Å²) >= 11 is 0. The maximum atomic E-state index is 12.7. The third-order valence-electron chi connectivity index (χ3n) is 5.01. The van der Waals surface area contributed by atoms with E-state index in [0.717, 1.165) is 22.4 Å². The van der Waals surface area contributed by atoms with Gasteiger partial charge in [-0.25, -0.2) is 4.99 Å². The van der Waals surface area contributed by atoms with Gasteiger partial charge in [-0.3, -0.25) is 9.78 Å². The Morgan fingerprint density at radius 1 is 1.26 bits per heavy atom. The highest BCUT2D eigenvalue weighted by Gasteiger charge is 2.27. The van der Waals surface area contributed by atoms with Crippen LogP contribution in [0.15, 0.2) is 47.6 Å². The molecule has 1 N–H and O–H groups in total. The summed E-state index contributed by atoms with van der Waals surface area (Å²) in [6, 6.07) is 11.7. The Labute approximate surface area is 160 Å². The molecular formula is C22H26N2O3. The number of hydrogen-bond donors (Lipinski definition) is 1. The first-order valence-electron chi connectivity index (χ1n) is 9.31. The predicted octanol–water partition coefficient (Wildman–Crippen LogP) is 3.29. The largest absolute Gasteiger partial charge is 0.481 e. The zero-order chi connectivity index (χ0) is 19.4. The molecule has 5 nitrogen and oxygen atoms in total. The van der Waals surface area contributed by atoms with E-state index >= 15 is 0 Å². The third kappa shape index (κ3) is 4.42. The molecule has 0 amide bonds. The monoisotopic (exact) mass is 366 g/mol. The first-order valence-corrected chi connectivity index (χ1v) is 9.31. The van der Waals surface area contributed by atoms with Crippen LogP contribution in [0.5, 0.6) is 0 Å². The van der Waals surface area contributed by atoms with Gasteiger partial charge in [0.2, 0.25) is 5.90 Å². The van der Waals surface area contributed by atoms with E-state index in [9.17, 15) is 9.90 Å². The molecule has 0 spiro atoms. The van der Waals surface area contributed by atoms with Crippen molar-refractivity contribution < 1.29 is 14.6 Å². The van der Waals surface area contributed by atoms with Gasteiger partial charge in [0.25, 0.3) is 0 Å². The van der Waals surface area contributed by atoms with Gasteiger partial charge in [-0.05, 0) is 23.1 Å². The summed E-state index contributed by atoms with van der Waals surface area (Å²) in [7, 11) is 1.59.